The first-order valence-electron chi connectivity index (χ1n) is 19.6. The molecule has 0 saturated heterocycles. The fraction of sp³-hybridized carbons (Fsp3) is 0.0545. The third-order valence-corrected chi connectivity index (χ3v) is 13.8. The van der Waals surface area contributed by atoms with Crippen LogP contribution in [-0.2, 0) is 5.41 Å². The highest BCUT2D eigenvalue weighted by Gasteiger charge is 2.36. The summed E-state index contributed by atoms with van der Waals surface area (Å²) in [6.07, 6.45) is 0. The van der Waals surface area contributed by atoms with Gasteiger partial charge in [-0.15, -0.1) is 11.3 Å². The van der Waals surface area contributed by atoms with Gasteiger partial charge in [-0.25, -0.2) is 0 Å². The van der Waals surface area contributed by atoms with E-state index in [1.807, 2.05) is 11.3 Å². The largest absolute Gasteiger partial charge is 0.135 e. The number of benzene rings is 10. The Morgan fingerprint density at radius 3 is 1.54 bits per heavy atom. The number of thiophene rings is 1. The van der Waals surface area contributed by atoms with Crippen LogP contribution in [0.4, 0.5) is 0 Å². The molecule has 1 aliphatic rings. The van der Waals surface area contributed by atoms with Crippen molar-refractivity contribution < 1.29 is 0 Å². The van der Waals surface area contributed by atoms with Crippen LogP contribution in [0.5, 0.6) is 0 Å². The summed E-state index contributed by atoms with van der Waals surface area (Å²) in [4.78, 5) is 0. The number of hydrogen-bond acceptors (Lipinski definition) is 1. The molecule has 262 valence electrons. The van der Waals surface area contributed by atoms with Crippen molar-refractivity contribution in [3.63, 3.8) is 0 Å². The van der Waals surface area contributed by atoms with Gasteiger partial charge in [-0.3, -0.25) is 0 Å². The highest BCUT2D eigenvalue weighted by Crippen LogP contribution is 2.53. The van der Waals surface area contributed by atoms with E-state index in [1.54, 1.807) is 0 Å². The van der Waals surface area contributed by atoms with E-state index in [-0.39, 0.29) is 5.41 Å². The van der Waals surface area contributed by atoms with Gasteiger partial charge in [0.2, 0.25) is 0 Å². The van der Waals surface area contributed by atoms with Gasteiger partial charge in [0, 0.05) is 25.6 Å². The lowest BCUT2D eigenvalue weighted by molar-refractivity contribution is 0.661. The molecule has 0 saturated carbocycles. The van der Waals surface area contributed by atoms with Crippen LogP contribution < -0.4 is 0 Å². The molecule has 0 aliphatic heterocycles. The van der Waals surface area contributed by atoms with Gasteiger partial charge in [-0.2, -0.15) is 0 Å². The van der Waals surface area contributed by atoms with Gasteiger partial charge < -0.3 is 0 Å². The minimum absolute atomic E-state index is 0.166. The summed E-state index contributed by atoms with van der Waals surface area (Å²) in [5, 5.41) is 13.0. The topological polar surface area (TPSA) is 0 Å². The Kier molecular flexibility index (Phi) is 6.66. The molecular weight excluding hydrogens is 693 g/mol. The molecule has 56 heavy (non-hydrogen) atoms. The highest BCUT2D eigenvalue weighted by atomic mass is 32.1. The summed E-state index contributed by atoms with van der Waals surface area (Å²) in [7, 11) is 0. The van der Waals surface area contributed by atoms with Crippen molar-refractivity contribution in [3.05, 3.63) is 193 Å². The Labute approximate surface area is 329 Å². The first kappa shape index (κ1) is 31.8. The molecule has 0 spiro atoms. The lowest BCUT2D eigenvalue weighted by Crippen LogP contribution is -2.15. The normalized spacial score (nSPS) is 13.3. The maximum Gasteiger partial charge on any atom is 0.0361 e. The van der Waals surface area contributed by atoms with E-state index in [1.165, 1.54) is 119 Å². The Morgan fingerprint density at radius 2 is 0.839 bits per heavy atom. The summed E-state index contributed by atoms with van der Waals surface area (Å²) < 4.78 is 2.69. The SMILES string of the molecule is CC1(C)c2cc(-c3ccc4sc5ccc6ccccc6c5c4c3)ccc2-c2ccc(-c3c4ccccc4c(-c4cccc5ccccc45)c4ccccc34)cc21. The summed E-state index contributed by atoms with van der Waals surface area (Å²) in [6.45, 7) is 4.82. The van der Waals surface area contributed by atoms with Crippen molar-refractivity contribution in [2.24, 2.45) is 0 Å². The fourth-order valence-electron chi connectivity index (χ4n) is 9.97. The Morgan fingerprint density at radius 1 is 0.339 bits per heavy atom. The Bertz CT molecular complexity index is 3390. The second-order valence-electron chi connectivity index (χ2n) is 16.0. The minimum Gasteiger partial charge on any atom is -0.135 e. The fourth-order valence-corrected chi connectivity index (χ4v) is 11.1. The van der Waals surface area contributed by atoms with E-state index in [2.05, 4.69) is 196 Å². The molecule has 0 bridgehead atoms. The van der Waals surface area contributed by atoms with Crippen LogP contribution in [0.25, 0.3) is 108 Å². The zero-order valence-electron chi connectivity index (χ0n) is 31.2. The average Bonchev–Trinajstić information content (AvgIpc) is 3.73. The summed E-state index contributed by atoms with van der Waals surface area (Å²) in [5.74, 6) is 0. The summed E-state index contributed by atoms with van der Waals surface area (Å²) in [5.41, 5.74) is 13.0. The van der Waals surface area contributed by atoms with Crippen LogP contribution in [0.2, 0.25) is 0 Å². The molecule has 0 radical (unpaired) electrons. The van der Waals surface area contributed by atoms with Crippen LogP contribution in [-0.4, -0.2) is 0 Å². The molecule has 10 aromatic carbocycles. The van der Waals surface area contributed by atoms with Crippen LogP contribution in [0.3, 0.4) is 0 Å². The molecular formula is C55H36S. The molecule has 0 amide bonds. The first-order chi connectivity index (χ1) is 27.5. The van der Waals surface area contributed by atoms with Crippen molar-refractivity contribution in [2.45, 2.75) is 19.3 Å². The van der Waals surface area contributed by atoms with Crippen LogP contribution in [0.1, 0.15) is 25.0 Å². The predicted octanol–water partition coefficient (Wildman–Crippen LogP) is 16.0. The monoisotopic (exact) mass is 728 g/mol. The third kappa shape index (κ3) is 4.47. The van der Waals surface area contributed by atoms with Crippen molar-refractivity contribution in [1.29, 1.82) is 0 Å². The predicted molar refractivity (Wildman–Crippen MR) is 243 cm³/mol. The van der Waals surface area contributed by atoms with Crippen molar-refractivity contribution in [1.82, 2.24) is 0 Å². The Hall–Kier alpha value is -6.54. The maximum atomic E-state index is 2.50. The van der Waals surface area contributed by atoms with E-state index < -0.39 is 0 Å². The van der Waals surface area contributed by atoms with Gasteiger partial charge in [0.15, 0.2) is 0 Å². The minimum atomic E-state index is -0.166. The molecule has 0 atom stereocenters. The quantitative estimate of drug-likeness (QED) is 0.159. The van der Waals surface area contributed by atoms with E-state index in [9.17, 15) is 0 Å². The van der Waals surface area contributed by atoms with Gasteiger partial charge in [0.1, 0.15) is 0 Å². The smallest absolute Gasteiger partial charge is 0.0361 e. The molecule has 1 heterocycles. The molecule has 11 aromatic rings. The number of hydrogen-bond donors (Lipinski definition) is 0. The van der Waals surface area contributed by atoms with Gasteiger partial charge in [0.25, 0.3) is 0 Å². The van der Waals surface area contributed by atoms with Crippen molar-refractivity contribution in [2.75, 3.05) is 0 Å². The van der Waals surface area contributed by atoms with Crippen molar-refractivity contribution in [3.8, 4) is 44.5 Å². The lowest BCUT2D eigenvalue weighted by atomic mass is 9.80. The molecule has 1 aromatic heterocycles. The summed E-state index contributed by atoms with van der Waals surface area (Å²) in [6, 6.07) is 68.3. The third-order valence-electron chi connectivity index (χ3n) is 12.6. The van der Waals surface area contributed by atoms with Crippen LogP contribution in [0.15, 0.2) is 182 Å². The molecule has 0 unspecified atom stereocenters. The molecule has 0 N–H and O–H groups in total. The standard InChI is InChI=1S/C55H36S/c1-55(2)48-31-36(35-25-28-50-47(30-35)54-39-16-6-4-13-34(39)24-29-51(54)56-50)22-26-40(48)41-27-23-37(32-49(41)55)52-43-17-7-9-19-45(43)53(46-20-10-8-18-44(46)52)42-21-11-14-33-12-3-5-15-38(33)42/h3-32H,1-2H3. The Balaban J connectivity index is 1.01. The van der Waals surface area contributed by atoms with Gasteiger partial charge in [0.05, 0.1) is 0 Å². The van der Waals surface area contributed by atoms with Crippen LogP contribution in [0, 0.1) is 0 Å². The van der Waals surface area contributed by atoms with Gasteiger partial charge >= 0.3 is 0 Å². The lowest BCUT2D eigenvalue weighted by Gasteiger charge is -2.23. The second kappa shape index (κ2) is 11.7. The molecule has 12 rings (SSSR count). The van der Waals surface area contributed by atoms with E-state index in [4.69, 9.17) is 0 Å². The van der Waals surface area contributed by atoms with E-state index >= 15 is 0 Å². The van der Waals surface area contributed by atoms with E-state index in [0.717, 1.165) is 0 Å². The van der Waals surface area contributed by atoms with Gasteiger partial charge in [-0.05, 0) is 129 Å². The molecule has 1 heteroatoms. The average molecular weight is 729 g/mol. The number of fused-ring (bicyclic) bond motifs is 11. The van der Waals surface area contributed by atoms with E-state index in [0.29, 0.717) is 0 Å². The van der Waals surface area contributed by atoms with Crippen molar-refractivity contribution >= 4 is 74.6 Å². The highest BCUT2D eigenvalue weighted by molar-refractivity contribution is 7.26. The zero-order chi connectivity index (χ0) is 37.1. The molecule has 0 nitrogen and oxygen atoms in total. The maximum absolute atomic E-state index is 2.50. The second-order valence-corrected chi connectivity index (χ2v) is 17.1. The number of rotatable bonds is 3. The first-order valence-corrected chi connectivity index (χ1v) is 20.4. The zero-order valence-corrected chi connectivity index (χ0v) is 32.0. The molecule has 0 fully saturated rings. The summed E-state index contributed by atoms with van der Waals surface area (Å²) >= 11 is 1.89. The van der Waals surface area contributed by atoms with Crippen LogP contribution >= 0.6 is 11.3 Å². The van der Waals surface area contributed by atoms with Gasteiger partial charge in [-0.1, -0.05) is 166 Å². The molecule has 1 aliphatic carbocycles.